The molecule has 1 aromatic heterocycles. The molecule has 1 amide bonds. The van der Waals surface area contributed by atoms with Crippen molar-refractivity contribution in [2.75, 3.05) is 5.32 Å². The molecule has 0 bridgehead atoms. The molecule has 1 aromatic carbocycles. The van der Waals surface area contributed by atoms with Gasteiger partial charge in [-0.05, 0) is 19.1 Å². The van der Waals surface area contributed by atoms with Crippen LogP contribution >= 0.6 is 0 Å². The molecule has 0 aliphatic heterocycles. The highest BCUT2D eigenvalue weighted by molar-refractivity contribution is 6.01. The van der Waals surface area contributed by atoms with Crippen LogP contribution in [0.1, 0.15) is 16.4 Å². The molecule has 16 heavy (non-hydrogen) atoms. The van der Waals surface area contributed by atoms with Crippen LogP contribution in [0.5, 0.6) is 5.75 Å². The van der Waals surface area contributed by atoms with E-state index in [0.717, 1.165) is 0 Å². The summed E-state index contributed by atoms with van der Waals surface area (Å²) in [6.45, 7) is 1.71. The molecule has 6 heteroatoms. The Bertz CT molecular complexity index is 521. The van der Waals surface area contributed by atoms with Crippen LogP contribution < -0.4 is 5.32 Å². The van der Waals surface area contributed by atoms with Gasteiger partial charge in [0.05, 0.1) is 0 Å². The predicted molar refractivity (Wildman–Crippen MR) is 57.2 cm³/mol. The molecule has 82 valence electrons. The van der Waals surface area contributed by atoms with E-state index in [2.05, 4.69) is 20.5 Å². The first-order chi connectivity index (χ1) is 7.65. The molecule has 0 spiro atoms. The molecule has 2 aromatic rings. The predicted octanol–water partition coefficient (Wildman–Crippen LogP) is 1.07. The first-order valence-corrected chi connectivity index (χ1v) is 4.64. The zero-order chi connectivity index (χ0) is 11.5. The van der Waals surface area contributed by atoms with Gasteiger partial charge < -0.3 is 10.4 Å². The number of benzene rings is 1. The molecule has 0 saturated heterocycles. The highest BCUT2D eigenvalue weighted by Gasteiger charge is 2.11. The Balaban J connectivity index is 2.13. The fourth-order valence-corrected chi connectivity index (χ4v) is 1.21. The van der Waals surface area contributed by atoms with Crippen LogP contribution in [-0.4, -0.2) is 26.2 Å². The van der Waals surface area contributed by atoms with E-state index in [-0.39, 0.29) is 11.6 Å². The van der Waals surface area contributed by atoms with Crippen molar-refractivity contribution >= 4 is 11.6 Å². The van der Waals surface area contributed by atoms with Crippen LogP contribution in [0.3, 0.4) is 0 Å². The van der Waals surface area contributed by atoms with E-state index >= 15 is 0 Å². The molecule has 2 rings (SSSR count). The lowest BCUT2D eigenvalue weighted by Gasteiger charge is -2.02. The van der Waals surface area contributed by atoms with E-state index in [9.17, 15) is 9.90 Å². The van der Waals surface area contributed by atoms with Gasteiger partial charge in [0.2, 0.25) is 5.82 Å². The Morgan fingerprint density at radius 3 is 2.94 bits per heavy atom. The second-order valence-electron chi connectivity index (χ2n) is 3.25. The van der Waals surface area contributed by atoms with Crippen molar-refractivity contribution in [1.29, 1.82) is 0 Å². The van der Waals surface area contributed by atoms with Gasteiger partial charge in [-0.2, -0.15) is 0 Å². The molecular weight excluding hydrogens is 208 g/mol. The fourth-order valence-electron chi connectivity index (χ4n) is 1.21. The number of aromatic nitrogens is 3. The van der Waals surface area contributed by atoms with Gasteiger partial charge >= 0.3 is 0 Å². The van der Waals surface area contributed by atoms with Crippen LogP contribution in [0, 0.1) is 6.92 Å². The molecule has 6 nitrogen and oxygen atoms in total. The number of nitrogens with zero attached hydrogens (tertiary/aromatic N) is 2. The van der Waals surface area contributed by atoms with Gasteiger partial charge in [0.1, 0.15) is 11.6 Å². The van der Waals surface area contributed by atoms with Gasteiger partial charge in [-0.25, -0.2) is 4.98 Å². The quantitative estimate of drug-likeness (QED) is 0.703. The summed E-state index contributed by atoms with van der Waals surface area (Å²) in [4.78, 5) is 15.5. The van der Waals surface area contributed by atoms with Crippen LogP contribution in [0.2, 0.25) is 0 Å². The number of aromatic hydroxyl groups is 1. The number of aryl methyl sites for hydroxylation is 1. The topological polar surface area (TPSA) is 90.9 Å². The van der Waals surface area contributed by atoms with Gasteiger partial charge in [0, 0.05) is 11.8 Å². The van der Waals surface area contributed by atoms with Crippen LogP contribution in [0.4, 0.5) is 5.69 Å². The number of carbonyl (C=O) groups is 1. The maximum absolute atomic E-state index is 11.6. The molecule has 0 radical (unpaired) electrons. The third-order valence-electron chi connectivity index (χ3n) is 1.90. The van der Waals surface area contributed by atoms with Crippen LogP contribution in [0.15, 0.2) is 24.3 Å². The first kappa shape index (κ1) is 10.2. The van der Waals surface area contributed by atoms with E-state index in [4.69, 9.17) is 0 Å². The van der Waals surface area contributed by atoms with Crippen molar-refractivity contribution in [2.24, 2.45) is 0 Å². The van der Waals surface area contributed by atoms with Crippen molar-refractivity contribution in [1.82, 2.24) is 15.2 Å². The number of phenolic OH excluding ortho intramolecular Hbond substituents is 1. The number of anilines is 1. The smallest absolute Gasteiger partial charge is 0.295 e. The zero-order valence-electron chi connectivity index (χ0n) is 8.56. The van der Waals surface area contributed by atoms with Crippen molar-refractivity contribution in [3.63, 3.8) is 0 Å². The molecule has 0 fully saturated rings. The molecule has 0 unspecified atom stereocenters. The minimum absolute atomic E-state index is 0.0702. The highest BCUT2D eigenvalue weighted by Crippen LogP contribution is 2.15. The number of hydrogen-bond acceptors (Lipinski definition) is 4. The Kier molecular flexibility index (Phi) is 2.55. The maximum Gasteiger partial charge on any atom is 0.295 e. The molecule has 3 N–H and O–H groups in total. The summed E-state index contributed by atoms with van der Waals surface area (Å²) in [5.41, 5.74) is 0.493. The molecule has 0 aliphatic rings. The van der Waals surface area contributed by atoms with Gasteiger partial charge in [-0.1, -0.05) is 6.07 Å². The average Bonchev–Trinajstić information content (AvgIpc) is 2.65. The number of amides is 1. The lowest BCUT2D eigenvalue weighted by Crippen LogP contribution is -2.13. The van der Waals surface area contributed by atoms with Crippen molar-refractivity contribution in [3.05, 3.63) is 35.9 Å². The number of carbonyl (C=O) groups excluding carboxylic acids is 1. The van der Waals surface area contributed by atoms with Gasteiger partial charge in [0.25, 0.3) is 5.91 Å². The standard InChI is InChI=1S/C10H10N4O2/c1-6-11-9(14-13-6)10(16)12-7-3-2-4-8(15)5-7/h2-5,15H,1H3,(H,12,16)(H,11,13,14). The Morgan fingerprint density at radius 2 is 2.31 bits per heavy atom. The molecule has 0 saturated carbocycles. The normalized spacial score (nSPS) is 10.1. The summed E-state index contributed by atoms with van der Waals surface area (Å²) in [5, 5.41) is 18.1. The van der Waals surface area contributed by atoms with Crippen molar-refractivity contribution in [2.45, 2.75) is 6.92 Å². The summed E-state index contributed by atoms with van der Waals surface area (Å²) in [6.07, 6.45) is 0. The monoisotopic (exact) mass is 218 g/mol. The van der Waals surface area contributed by atoms with Gasteiger partial charge in [-0.15, -0.1) is 5.10 Å². The summed E-state index contributed by atoms with van der Waals surface area (Å²) in [5.74, 6) is 0.306. The fraction of sp³-hybridized carbons (Fsp3) is 0.100. The zero-order valence-corrected chi connectivity index (χ0v) is 8.56. The Morgan fingerprint density at radius 1 is 1.50 bits per heavy atom. The van der Waals surface area contributed by atoms with E-state index in [1.807, 2.05) is 0 Å². The second-order valence-corrected chi connectivity index (χ2v) is 3.25. The molecule has 1 heterocycles. The number of hydrogen-bond donors (Lipinski definition) is 3. The minimum atomic E-state index is -0.421. The summed E-state index contributed by atoms with van der Waals surface area (Å²) < 4.78 is 0. The number of nitrogens with one attached hydrogen (secondary N) is 2. The van der Waals surface area contributed by atoms with E-state index in [1.165, 1.54) is 12.1 Å². The van der Waals surface area contributed by atoms with E-state index < -0.39 is 5.91 Å². The number of H-pyrrole nitrogens is 1. The third-order valence-corrected chi connectivity index (χ3v) is 1.90. The number of aromatic amines is 1. The molecular formula is C10H10N4O2. The largest absolute Gasteiger partial charge is 0.508 e. The first-order valence-electron chi connectivity index (χ1n) is 4.64. The second kappa shape index (κ2) is 4.01. The van der Waals surface area contributed by atoms with Crippen LogP contribution in [-0.2, 0) is 0 Å². The van der Waals surface area contributed by atoms with E-state index in [0.29, 0.717) is 11.5 Å². The summed E-state index contributed by atoms with van der Waals surface area (Å²) in [6, 6.07) is 6.26. The van der Waals surface area contributed by atoms with Crippen molar-refractivity contribution in [3.8, 4) is 5.75 Å². The summed E-state index contributed by atoms with van der Waals surface area (Å²) >= 11 is 0. The third kappa shape index (κ3) is 2.17. The lowest BCUT2D eigenvalue weighted by molar-refractivity contribution is 0.101. The minimum Gasteiger partial charge on any atom is -0.508 e. The van der Waals surface area contributed by atoms with E-state index in [1.54, 1.807) is 19.1 Å². The van der Waals surface area contributed by atoms with Gasteiger partial charge in [-0.3, -0.25) is 9.89 Å². The highest BCUT2D eigenvalue weighted by atomic mass is 16.3. The number of rotatable bonds is 2. The molecule has 0 aliphatic carbocycles. The Hall–Kier alpha value is -2.37. The average molecular weight is 218 g/mol. The van der Waals surface area contributed by atoms with Crippen molar-refractivity contribution < 1.29 is 9.90 Å². The SMILES string of the molecule is Cc1nc(C(=O)Nc2cccc(O)c2)n[nH]1. The molecule has 0 atom stereocenters. The lowest BCUT2D eigenvalue weighted by atomic mass is 10.3. The number of phenols is 1. The summed E-state index contributed by atoms with van der Waals surface area (Å²) in [7, 11) is 0. The maximum atomic E-state index is 11.6. The van der Waals surface area contributed by atoms with Crippen LogP contribution in [0.25, 0.3) is 0 Å². The Labute approximate surface area is 91.3 Å². The van der Waals surface area contributed by atoms with Gasteiger partial charge in [0.15, 0.2) is 0 Å².